The van der Waals surface area contributed by atoms with Gasteiger partial charge in [0.25, 0.3) is 0 Å². The Balaban J connectivity index is 1.47. The van der Waals surface area contributed by atoms with Gasteiger partial charge in [0.15, 0.2) is 17.3 Å². The van der Waals surface area contributed by atoms with Crippen molar-refractivity contribution >= 4 is 0 Å². The topological polar surface area (TPSA) is 66.6 Å². The van der Waals surface area contributed by atoms with Crippen LogP contribution >= 0.6 is 0 Å². The van der Waals surface area contributed by atoms with Crippen LogP contribution in [0.1, 0.15) is 34.5 Å². The van der Waals surface area contributed by atoms with Crippen molar-refractivity contribution in [3.63, 3.8) is 0 Å². The van der Waals surface area contributed by atoms with Crippen LogP contribution in [-0.4, -0.2) is 31.0 Å². The highest BCUT2D eigenvalue weighted by atomic mass is 16.5. The van der Waals surface area contributed by atoms with Crippen molar-refractivity contribution in [2.75, 3.05) is 20.8 Å². The van der Waals surface area contributed by atoms with E-state index in [4.69, 9.17) is 18.7 Å². The molecule has 1 atom stereocenters. The maximum absolute atomic E-state index is 5.93. The number of methoxy groups -OCH3 is 2. The second kappa shape index (κ2) is 7.80. The molecule has 0 N–H and O–H groups in total. The van der Waals surface area contributed by atoms with Gasteiger partial charge in [0.05, 0.1) is 33.4 Å². The Morgan fingerprint density at radius 1 is 1.07 bits per heavy atom. The summed E-state index contributed by atoms with van der Waals surface area (Å²) in [6, 6.07) is 14.1. The molecule has 4 rings (SSSR count). The molecule has 140 valence electrons. The fraction of sp³-hybridized carbons (Fsp3) is 0.333. The zero-order valence-electron chi connectivity index (χ0n) is 15.5. The molecule has 2 aromatic carbocycles. The summed E-state index contributed by atoms with van der Waals surface area (Å²) in [6.07, 6.45) is 2.05. The average Bonchev–Trinajstić information content (AvgIpc) is 3.15. The summed E-state index contributed by atoms with van der Waals surface area (Å²) in [5, 5.41) is 4.12. The van der Waals surface area contributed by atoms with Crippen molar-refractivity contribution in [2.45, 2.75) is 25.4 Å². The predicted molar refractivity (Wildman–Crippen MR) is 99.2 cm³/mol. The molecule has 0 aliphatic carbocycles. The van der Waals surface area contributed by atoms with Crippen LogP contribution in [0.5, 0.6) is 11.5 Å². The van der Waals surface area contributed by atoms with E-state index in [-0.39, 0.29) is 6.10 Å². The van der Waals surface area contributed by atoms with Gasteiger partial charge >= 0.3 is 0 Å². The molecule has 0 spiro atoms. The first kappa shape index (κ1) is 17.5. The lowest BCUT2D eigenvalue weighted by Crippen LogP contribution is -2.18. The number of aromatic nitrogens is 2. The molecule has 0 saturated heterocycles. The van der Waals surface area contributed by atoms with Crippen LogP contribution in [-0.2, 0) is 24.0 Å². The number of nitrogens with zero attached hydrogens (tertiary/aromatic N) is 2. The molecular weight excluding hydrogens is 344 g/mol. The molecule has 0 fully saturated rings. The first-order valence-corrected chi connectivity index (χ1v) is 8.98. The van der Waals surface area contributed by atoms with E-state index < -0.39 is 0 Å². The van der Waals surface area contributed by atoms with Crippen LogP contribution in [0.3, 0.4) is 0 Å². The minimum Gasteiger partial charge on any atom is -0.493 e. The Kier molecular flexibility index (Phi) is 5.07. The van der Waals surface area contributed by atoms with E-state index in [1.807, 2.05) is 24.3 Å². The second-order valence-electron chi connectivity index (χ2n) is 6.48. The minimum absolute atomic E-state index is 0.0377. The van der Waals surface area contributed by atoms with Crippen molar-refractivity contribution in [3.8, 4) is 11.5 Å². The Morgan fingerprint density at radius 2 is 1.93 bits per heavy atom. The quantitative estimate of drug-likeness (QED) is 0.665. The minimum atomic E-state index is -0.0377. The van der Waals surface area contributed by atoms with Crippen molar-refractivity contribution in [1.82, 2.24) is 10.1 Å². The number of rotatable bonds is 6. The van der Waals surface area contributed by atoms with E-state index in [0.29, 0.717) is 42.7 Å². The molecule has 0 amide bonds. The van der Waals surface area contributed by atoms with Gasteiger partial charge < -0.3 is 18.7 Å². The second-order valence-corrected chi connectivity index (χ2v) is 6.48. The first-order valence-electron chi connectivity index (χ1n) is 8.98. The summed E-state index contributed by atoms with van der Waals surface area (Å²) in [6.45, 7) is 0.717. The van der Waals surface area contributed by atoms with E-state index in [2.05, 4.69) is 28.3 Å². The number of hydrogen-bond donors (Lipinski definition) is 0. The average molecular weight is 366 g/mol. The lowest BCUT2D eigenvalue weighted by Gasteiger charge is -2.24. The van der Waals surface area contributed by atoms with Gasteiger partial charge in [-0.05, 0) is 35.2 Å². The van der Waals surface area contributed by atoms with Crippen molar-refractivity contribution < 1.29 is 18.7 Å². The smallest absolute Gasteiger partial charge is 0.229 e. The molecule has 2 heterocycles. The molecule has 6 heteroatoms. The van der Waals surface area contributed by atoms with Crippen molar-refractivity contribution in [1.29, 1.82) is 0 Å². The number of ether oxygens (including phenoxy) is 3. The highest BCUT2D eigenvalue weighted by Gasteiger charge is 2.23. The fourth-order valence-electron chi connectivity index (χ4n) is 3.42. The number of benzene rings is 2. The van der Waals surface area contributed by atoms with Crippen LogP contribution in [0.2, 0.25) is 0 Å². The molecule has 0 radical (unpaired) electrons. The third-order valence-corrected chi connectivity index (χ3v) is 4.77. The van der Waals surface area contributed by atoms with Crippen LogP contribution < -0.4 is 9.47 Å². The van der Waals surface area contributed by atoms with Gasteiger partial charge in [-0.25, -0.2) is 0 Å². The molecular formula is C21H22N2O4. The third kappa shape index (κ3) is 3.80. The van der Waals surface area contributed by atoms with Crippen LogP contribution in [0, 0.1) is 0 Å². The molecule has 1 aliphatic heterocycles. The molecule has 3 aromatic rings. The zero-order chi connectivity index (χ0) is 18.6. The van der Waals surface area contributed by atoms with E-state index in [1.54, 1.807) is 14.2 Å². The molecule has 1 aliphatic rings. The van der Waals surface area contributed by atoms with E-state index in [9.17, 15) is 0 Å². The standard InChI is InChI=1S/C21H22N2O4/c1-24-17-8-7-14(11-19(17)25-2)12-20-22-21(27-23-20)13-18-16-6-4-3-5-15(16)9-10-26-18/h3-8,11,18H,9-10,12-13H2,1-2H3. The van der Waals surface area contributed by atoms with Gasteiger partial charge in [0, 0.05) is 6.42 Å². The summed E-state index contributed by atoms with van der Waals surface area (Å²) in [4.78, 5) is 4.54. The summed E-state index contributed by atoms with van der Waals surface area (Å²) < 4.78 is 22.0. The van der Waals surface area contributed by atoms with Gasteiger partial charge in [-0.15, -0.1) is 0 Å². The largest absolute Gasteiger partial charge is 0.493 e. The van der Waals surface area contributed by atoms with Gasteiger partial charge in [-0.3, -0.25) is 0 Å². The Morgan fingerprint density at radius 3 is 2.78 bits per heavy atom. The monoisotopic (exact) mass is 366 g/mol. The van der Waals surface area contributed by atoms with Gasteiger partial charge in [-0.2, -0.15) is 4.98 Å². The van der Waals surface area contributed by atoms with Crippen LogP contribution in [0.4, 0.5) is 0 Å². The van der Waals surface area contributed by atoms with E-state index in [0.717, 1.165) is 12.0 Å². The summed E-state index contributed by atoms with van der Waals surface area (Å²) in [5.41, 5.74) is 3.57. The maximum Gasteiger partial charge on any atom is 0.229 e. The Bertz CT molecular complexity index is 922. The third-order valence-electron chi connectivity index (χ3n) is 4.77. The number of fused-ring (bicyclic) bond motifs is 1. The molecule has 0 bridgehead atoms. The lowest BCUT2D eigenvalue weighted by molar-refractivity contribution is 0.0375. The van der Waals surface area contributed by atoms with E-state index in [1.165, 1.54) is 11.1 Å². The van der Waals surface area contributed by atoms with E-state index >= 15 is 0 Å². The zero-order valence-corrected chi connectivity index (χ0v) is 15.5. The van der Waals surface area contributed by atoms with Crippen molar-refractivity contribution in [2.24, 2.45) is 0 Å². The summed E-state index contributed by atoms with van der Waals surface area (Å²) in [5.74, 6) is 2.61. The molecule has 0 saturated carbocycles. The summed E-state index contributed by atoms with van der Waals surface area (Å²) in [7, 11) is 3.24. The predicted octanol–water partition coefficient (Wildman–Crippen LogP) is 3.53. The molecule has 1 aromatic heterocycles. The van der Waals surface area contributed by atoms with Crippen LogP contribution in [0.15, 0.2) is 47.0 Å². The normalized spacial score (nSPS) is 16.0. The molecule has 6 nitrogen and oxygen atoms in total. The molecule has 1 unspecified atom stereocenters. The first-order chi connectivity index (χ1) is 13.3. The SMILES string of the molecule is COc1ccc(Cc2noc(CC3OCCc4ccccc43)n2)cc1OC. The Labute approximate surface area is 158 Å². The van der Waals surface area contributed by atoms with Crippen molar-refractivity contribution in [3.05, 3.63) is 70.9 Å². The molecule has 27 heavy (non-hydrogen) atoms. The highest BCUT2D eigenvalue weighted by molar-refractivity contribution is 5.43. The van der Waals surface area contributed by atoms with Gasteiger partial charge in [0.1, 0.15) is 0 Å². The number of hydrogen-bond acceptors (Lipinski definition) is 6. The maximum atomic E-state index is 5.93. The van der Waals surface area contributed by atoms with Gasteiger partial charge in [-0.1, -0.05) is 35.5 Å². The lowest BCUT2D eigenvalue weighted by atomic mass is 9.96. The van der Waals surface area contributed by atoms with Crippen LogP contribution in [0.25, 0.3) is 0 Å². The Hall–Kier alpha value is -2.86. The fourth-order valence-corrected chi connectivity index (χ4v) is 3.42. The summed E-state index contributed by atoms with van der Waals surface area (Å²) >= 11 is 0. The highest BCUT2D eigenvalue weighted by Crippen LogP contribution is 2.30. The van der Waals surface area contributed by atoms with Gasteiger partial charge in [0.2, 0.25) is 5.89 Å².